The van der Waals surface area contributed by atoms with Gasteiger partial charge in [0.05, 0.1) is 18.6 Å². The lowest BCUT2D eigenvalue weighted by Crippen LogP contribution is -2.60. The first kappa shape index (κ1) is 32.9. The number of urea groups is 1. The molecule has 1 aromatic rings. The Hall–Kier alpha value is -4.00. The highest BCUT2D eigenvalue weighted by molar-refractivity contribution is 6.00. The summed E-state index contributed by atoms with van der Waals surface area (Å²) >= 11 is 0. The SMILES string of the molecule is CC(C)C[C@@H]1NC(=O)NC(=O)[C@@H]2CCCN2[C@@H](C(=O)NC(C)(C)C)[C@@H]2CN2C(=O)[C@H](Cc2ccccc2)NC(=O)CNC1=O. The number of rotatable bonds is 5. The molecule has 44 heavy (non-hydrogen) atoms. The molecule has 5 N–H and O–H groups in total. The van der Waals surface area contributed by atoms with E-state index in [-0.39, 0.29) is 37.1 Å². The molecule has 0 spiro atoms. The van der Waals surface area contributed by atoms with Crippen LogP contribution in [-0.2, 0) is 30.4 Å². The highest BCUT2D eigenvalue weighted by atomic mass is 16.2. The maximum atomic E-state index is 13.9. The Bertz CT molecular complexity index is 1260. The summed E-state index contributed by atoms with van der Waals surface area (Å²) in [7, 11) is 0. The summed E-state index contributed by atoms with van der Waals surface area (Å²) in [6, 6.07) is 4.30. The third-order valence-electron chi connectivity index (χ3n) is 7.92. The van der Waals surface area contributed by atoms with Gasteiger partial charge in [-0.3, -0.25) is 34.2 Å². The van der Waals surface area contributed by atoms with Gasteiger partial charge in [0.25, 0.3) is 0 Å². The zero-order valence-electron chi connectivity index (χ0n) is 26.1. The highest BCUT2D eigenvalue weighted by Gasteiger charge is 2.54. The molecule has 0 bridgehead atoms. The molecule has 1 aromatic carbocycles. The summed E-state index contributed by atoms with van der Waals surface area (Å²) in [6.45, 7) is 9.60. The molecule has 3 aliphatic rings. The topological polar surface area (TPSA) is 169 Å². The number of benzene rings is 1. The van der Waals surface area contributed by atoms with Crippen LogP contribution in [0.2, 0.25) is 0 Å². The molecule has 240 valence electrons. The summed E-state index contributed by atoms with van der Waals surface area (Å²) in [5, 5.41) is 13.3. The number of imide groups is 1. The quantitative estimate of drug-likeness (QED) is 0.293. The zero-order chi connectivity index (χ0) is 32.2. The standard InChI is InChI=1S/C31H45N7O6/c1-18(2)14-20-26(40)32-16-24(39)33-21(15-19-10-7-6-8-11-19)29(43)38-17-23(38)25(28(42)36-31(3,4)5)37-13-9-12-22(37)27(41)35-30(44)34-20/h6-8,10-11,18,20-23,25H,9,12-17H2,1-5H3,(H,32,40)(H,33,39)(H,36,42)(H2,34,35,41,44)/t20-,21-,22-,23-,25+,38?/m0/s1. The Balaban J connectivity index is 1.68. The fourth-order valence-electron chi connectivity index (χ4n) is 5.95. The van der Waals surface area contributed by atoms with Gasteiger partial charge in [0.2, 0.25) is 29.5 Å². The summed E-state index contributed by atoms with van der Waals surface area (Å²) in [6.07, 6.45) is 1.51. The Morgan fingerprint density at radius 1 is 1.00 bits per heavy atom. The summed E-state index contributed by atoms with van der Waals surface area (Å²) in [5.74, 6) is -2.40. The second-order valence-electron chi connectivity index (χ2n) is 13.3. The van der Waals surface area contributed by atoms with Crippen LogP contribution in [0.25, 0.3) is 0 Å². The Morgan fingerprint density at radius 3 is 2.36 bits per heavy atom. The van der Waals surface area contributed by atoms with E-state index in [0.717, 1.165) is 5.56 Å². The van der Waals surface area contributed by atoms with Crippen LogP contribution in [0.3, 0.4) is 0 Å². The smallest absolute Gasteiger partial charge is 0.322 e. The summed E-state index contributed by atoms with van der Waals surface area (Å²) in [4.78, 5) is 83.4. The van der Waals surface area contributed by atoms with Gasteiger partial charge in [-0.25, -0.2) is 4.79 Å². The number of hydrogen-bond donors (Lipinski definition) is 5. The number of carbonyl (C=O) groups is 6. The van der Waals surface area contributed by atoms with E-state index in [2.05, 4.69) is 26.6 Å². The average molecular weight is 612 g/mol. The van der Waals surface area contributed by atoms with Crippen molar-refractivity contribution in [2.24, 2.45) is 5.92 Å². The minimum absolute atomic E-state index is 0.0192. The zero-order valence-corrected chi connectivity index (χ0v) is 26.1. The molecule has 7 amide bonds. The summed E-state index contributed by atoms with van der Waals surface area (Å²) in [5.41, 5.74) is 0.262. The lowest BCUT2D eigenvalue weighted by molar-refractivity contribution is -0.134. The second-order valence-corrected chi connectivity index (χ2v) is 13.3. The minimum Gasteiger partial charge on any atom is -0.350 e. The third-order valence-corrected chi connectivity index (χ3v) is 7.92. The van der Waals surface area contributed by atoms with Crippen molar-refractivity contribution in [2.45, 2.75) is 96.1 Å². The van der Waals surface area contributed by atoms with Gasteiger partial charge >= 0.3 is 6.03 Å². The van der Waals surface area contributed by atoms with Crippen molar-refractivity contribution in [1.29, 1.82) is 0 Å². The fraction of sp³-hybridized carbons (Fsp3) is 0.613. The van der Waals surface area contributed by atoms with E-state index in [4.69, 9.17) is 0 Å². The number of amides is 7. The van der Waals surface area contributed by atoms with Gasteiger partial charge in [-0.1, -0.05) is 44.2 Å². The Kier molecular flexibility index (Phi) is 10.3. The molecule has 13 nitrogen and oxygen atoms in total. The van der Waals surface area contributed by atoms with Crippen molar-refractivity contribution in [3.05, 3.63) is 35.9 Å². The van der Waals surface area contributed by atoms with Gasteiger partial charge in [-0.05, 0) is 58.1 Å². The molecule has 0 aromatic heterocycles. The van der Waals surface area contributed by atoms with E-state index >= 15 is 0 Å². The first-order valence-electron chi connectivity index (χ1n) is 15.3. The van der Waals surface area contributed by atoms with Crippen molar-refractivity contribution in [3.8, 4) is 0 Å². The van der Waals surface area contributed by atoms with E-state index in [9.17, 15) is 28.8 Å². The van der Waals surface area contributed by atoms with E-state index in [1.165, 1.54) is 0 Å². The predicted octanol–water partition coefficient (Wildman–Crippen LogP) is 0.0427. The van der Waals surface area contributed by atoms with Crippen LogP contribution in [0.1, 0.15) is 59.4 Å². The van der Waals surface area contributed by atoms with Crippen molar-refractivity contribution >= 4 is 35.6 Å². The monoisotopic (exact) mass is 611 g/mol. The van der Waals surface area contributed by atoms with Crippen LogP contribution < -0.4 is 26.6 Å². The lowest BCUT2D eigenvalue weighted by Gasteiger charge is -2.34. The van der Waals surface area contributed by atoms with Crippen molar-refractivity contribution in [1.82, 2.24) is 36.4 Å². The molecule has 0 unspecified atom stereocenters. The van der Waals surface area contributed by atoms with Crippen LogP contribution in [-0.4, -0.2) is 101 Å². The van der Waals surface area contributed by atoms with Crippen molar-refractivity contribution in [3.63, 3.8) is 0 Å². The molecule has 3 aliphatic heterocycles. The number of nitrogens with one attached hydrogen (secondary N) is 5. The maximum absolute atomic E-state index is 13.9. The Morgan fingerprint density at radius 2 is 1.70 bits per heavy atom. The number of hydrogen-bond acceptors (Lipinski definition) is 7. The van der Waals surface area contributed by atoms with Crippen LogP contribution >= 0.6 is 0 Å². The van der Waals surface area contributed by atoms with E-state index in [1.54, 1.807) is 9.80 Å². The lowest BCUT2D eigenvalue weighted by atomic mass is 10.0. The van der Waals surface area contributed by atoms with Crippen LogP contribution in [0.5, 0.6) is 0 Å². The van der Waals surface area contributed by atoms with Gasteiger partial charge in [0, 0.05) is 18.5 Å². The van der Waals surface area contributed by atoms with Gasteiger partial charge in [0.1, 0.15) is 18.1 Å². The molecule has 3 heterocycles. The number of fused-ring (bicyclic) bond motifs is 2. The number of nitrogens with zero attached hydrogens (tertiary/aromatic N) is 2. The molecule has 3 saturated heterocycles. The van der Waals surface area contributed by atoms with Crippen LogP contribution in [0.4, 0.5) is 4.79 Å². The molecule has 0 radical (unpaired) electrons. The number of carbonyl (C=O) groups excluding carboxylic acids is 6. The predicted molar refractivity (Wildman–Crippen MR) is 162 cm³/mol. The minimum atomic E-state index is -1.00. The molecule has 4 rings (SSSR count). The van der Waals surface area contributed by atoms with Crippen LogP contribution in [0, 0.1) is 5.92 Å². The third kappa shape index (κ3) is 8.55. The molecule has 0 aliphatic carbocycles. The van der Waals surface area contributed by atoms with Gasteiger partial charge in [-0.2, -0.15) is 0 Å². The van der Waals surface area contributed by atoms with Crippen molar-refractivity contribution in [2.75, 3.05) is 19.6 Å². The van der Waals surface area contributed by atoms with Gasteiger partial charge in [-0.15, -0.1) is 0 Å². The highest BCUT2D eigenvalue weighted by Crippen LogP contribution is 2.32. The Labute approximate surface area is 258 Å². The molecular weight excluding hydrogens is 566 g/mol. The fourth-order valence-corrected chi connectivity index (χ4v) is 5.95. The molecule has 13 heteroatoms. The molecular formula is C31H45N7O6. The van der Waals surface area contributed by atoms with Crippen LogP contribution in [0.15, 0.2) is 30.3 Å². The second kappa shape index (κ2) is 13.7. The van der Waals surface area contributed by atoms with Gasteiger partial charge in [0.15, 0.2) is 0 Å². The van der Waals surface area contributed by atoms with Gasteiger partial charge < -0.3 is 26.2 Å². The summed E-state index contributed by atoms with van der Waals surface area (Å²) < 4.78 is 0. The molecule has 0 saturated carbocycles. The molecule has 5 atom stereocenters. The molecule has 3 fully saturated rings. The first-order valence-corrected chi connectivity index (χ1v) is 15.3. The average Bonchev–Trinajstić information content (AvgIpc) is 3.55. The maximum Gasteiger partial charge on any atom is 0.322 e. The normalized spacial score (nSPS) is 27.4. The van der Waals surface area contributed by atoms with E-state index < -0.39 is 66.0 Å². The van der Waals surface area contributed by atoms with E-state index in [0.29, 0.717) is 19.4 Å². The van der Waals surface area contributed by atoms with Crippen molar-refractivity contribution < 1.29 is 28.8 Å². The van der Waals surface area contributed by atoms with E-state index in [1.807, 2.05) is 65.0 Å². The largest absolute Gasteiger partial charge is 0.350 e. The first-order chi connectivity index (χ1) is 20.7.